The van der Waals surface area contributed by atoms with E-state index in [2.05, 4.69) is 42.1 Å². The summed E-state index contributed by atoms with van der Waals surface area (Å²) in [4.78, 5) is 0. The fraction of sp³-hybridized carbons (Fsp3) is 0.412. The first kappa shape index (κ1) is 14.7. The van der Waals surface area contributed by atoms with E-state index in [0.29, 0.717) is 12.6 Å². The van der Waals surface area contributed by atoms with E-state index >= 15 is 0 Å². The topological polar surface area (TPSA) is 26.2 Å². The number of benzene rings is 1. The molecule has 0 aliphatic heterocycles. The molecule has 108 valence electrons. The molecule has 0 aliphatic rings. The maximum Gasteiger partial charge on any atom is 0.119 e. The van der Waals surface area contributed by atoms with E-state index in [1.165, 1.54) is 5.69 Å². The molecule has 0 spiro atoms. The monoisotopic (exact) mass is 272 g/mol. The van der Waals surface area contributed by atoms with E-state index in [4.69, 9.17) is 4.74 Å². The van der Waals surface area contributed by atoms with Crippen LogP contribution in [-0.2, 0) is 6.54 Å². The molecule has 0 saturated heterocycles. The Morgan fingerprint density at radius 2 is 1.95 bits per heavy atom. The highest BCUT2D eigenvalue weighted by atomic mass is 16.5. The molecule has 3 heteroatoms. The minimum atomic E-state index is 0.377. The Kier molecular flexibility index (Phi) is 5.69. The molecule has 0 saturated carbocycles. The molecule has 0 bridgehead atoms. The summed E-state index contributed by atoms with van der Waals surface area (Å²) in [7, 11) is 0. The van der Waals surface area contributed by atoms with E-state index in [1.54, 1.807) is 0 Å². The summed E-state index contributed by atoms with van der Waals surface area (Å²) >= 11 is 0. The normalized spacial score (nSPS) is 12.3. The van der Waals surface area contributed by atoms with Gasteiger partial charge >= 0.3 is 0 Å². The van der Waals surface area contributed by atoms with Crippen molar-refractivity contribution in [1.82, 2.24) is 9.88 Å². The first-order valence-corrected chi connectivity index (χ1v) is 7.37. The number of nitrogens with one attached hydrogen (secondary N) is 1. The molecule has 1 aromatic heterocycles. The van der Waals surface area contributed by atoms with Gasteiger partial charge in [-0.15, -0.1) is 0 Å². The molecule has 1 aromatic carbocycles. The van der Waals surface area contributed by atoms with E-state index in [1.807, 2.05) is 30.3 Å². The second kappa shape index (κ2) is 7.75. The summed E-state index contributed by atoms with van der Waals surface area (Å²) in [5.41, 5.74) is 1.31. The Hall–Kier alpha value is -1.74. The number of hydrogen-bond acceptors (Lipinski definition) is 2. The highest BCUT2D eigenvalue weighted by Crippen LogP contribution is 2.14. The fourth-order valence-corrected chi connectivity index (χ4v) is 2.27. The first-order valence-electron chi connectivity index (χ1n) is 7.37. The second-order valence-electron chi connectivity index (χ2n) is 4.96. The first-order chi connectivity index (χ1) is 9.81. The van der Waals surface area contributed by atoms with Crippen LogP contribution in [0.1, 0.15) is 32.0 Å². The van der Waals surface area contributed by atoms with Crippen LogP contribution in [0, 0.1) is 0 Å². The standard InChI is InChI=1S/C17H24N2O/c1-3-11-18-15(2)17-10-7-12-19(17)13-14-20-16-8-5-4-6-9-16/h4-10,12,15,18H,3,11,13-14H2,1-2H3. The van der Waals surface area contributed by atoms with E-state index in [0.717, 1.165) is 25.3 Å². The number of aromatic nitrogens is 1. The van der Waals surface area contributed by atoms with E-state index in [-0.39, 0.29) is 0 Å². The van der Waals surface area contributed by atoms with Crippen LogP contribution < -0.4 is 10.1 Å². The number of ether oxygens (including phenoxy) is 1. The second-order valence-corrected chi connectivity index (χ2v) is 4.96. The molecule has 3 nitrogen and oxygen atoms in total. The van der Waals surface area contributed by atoms with Crippen molar-refractivity contribution < 1.29 is 4.74 Å². The maximum atomic E-state index is 5.75. The van der Waals surface area contributed by atoms with Gasteiger partial charge in [-0.05, 0) is 44.2 Å². The highest BCUT2D eigenvalue weighted by molar-refractivity contribution is 5.20. The molecule has 0 fully saturated rings. The van der Waals surface area contributed by atoms with E-state index < -0.39 is 0 Å². The average molecular weight is 272 g/mol. The number of hydrogen-bond donors (Lipinski definition) is 1. The van der Waals surface area contributed by atoms with Crippen LogP contribution in [-0.4, -0.2) is 17.7 Å². The van der Waals surface area contributed by atoms with Crippen LogP contribution >= 0.6 is 0 Å². The molecule has 2 aromatic rings. The van der Waals surface area contributed by atoms with Crippen molar-refractivity contribution in [2.75, 3.05) is 13.2 Å². The van der Waals surface area contributed by atoms with Crippen LogP contribution in [0.3, 0.4) is 0 Å². The van der Waals surface area contributed by atoms with Crippen LogP contribution in [0.2, 0.25) is 0 Å². The van der Waals surface area contributed by atoms with Crippen molar-refractivity contribution in [3.63, 3.8) is 0 Å². The Morgan fingerprint density at radius 1 is 1.15 bits per heavy atom. The van der Waals surface area contributed by atoms with Crippen molar-refractivity contribution in [2.24, 2.45) is 0 Å². The molecule has 0 amide bonds. The van der Waals surface area contributed by atoms with Gasteiger partial charge < -0.3 is 14.6 Å². The molecule has 1 N–H and O–H groups in total. The molecule has 0 aliphatic carbocycles. The lowest BCUT2D eigenvalue weighted by atomic mass is 10.2. The molecule has 2 rings (SSSR count). The molecule has 1 heterocycles. The van der Waals surface area contributed by atoms with Gasteiger partial charge in [0.25, 0.3) is 0 Å². The van der Waals surface area contributed by atoms with Gasteiger partial charge in [0.05, 0.1) is 6.54 Å². The van der Waals surface area contributed by atoms with Gasteiger partial charge in [0.2, 0.25) is 0 Å². The van der Waals surface area contributed by atoms with Gasteiger partial charge in [-0.25, -0.2) is 0 Å². The van der Waals surface area contributed by atoms with Crippen LogP contribution in [0.15, 0.2) is 48.7 Å². The number of nitrogens with zero attached hydrogens (tertiary/aromatic N) is 1. The smallest absolute Gasteiger partial charge is 0.119 e. The van der Waals surface area contributed by atoms with Gasteiger partial charge in [-0.3, -0.25) is 0 Å². The van der Waals surface area contributed by atoms with Gasteiger partial charge in [0.1, 0.15) is 12.4 Å². The largest absolute Gasteiger partial charge is 0.492 e. The molecule has 20 heavy (non-hydrogen) atoms. The zero-order chi connectivity index (χ0) is 14.2. The summed E-state index contributed by atoms with van der Waals surface area (Å²) in [6.45, 7) is 7.00. The summed E-state index contributed by atoms with van der Waals surface area (Å²) in [6, 6.07) is 14.6. The van der Waals surface area contributed by atoms with Crippen LogP contribution in [0.4, 0.5) is 0 Å². The summed E-state index contributed by atoms with van der Waals surface area (Å²) in [5, 5.41) is 3.52. The predicted molar refractivity (Wildman–Crippen MR) is 83.1 cm³/mol. The van der Waals surface area contributed by atoms with E-state index in [9.17, 15) is 0 Å². The Labute approximate surface area is 121 Å². The average Bonchev–Trinajstić information content (AvgIpc) is 2.94. The Balaban J connectivity index is 1.85. The summed E-state index contributed by atoms with van der Waals surface area (Å²) < 4.78 is 8.01. The van der Waals surface area contributed by atoms with Gasteiger partial charge in [-0.1, -0.05) is 25.1 Å². The van der Waals surface area contributed by atoms with Crippen LogP contribution in [0.25, 0.3) is 0 Å². The third-order valence-corrected chi connectivity index (χ3v) is 3.35. The minimum Gasteiger partial charge on any atom is -0.492 e. The minimum absolute atomic E-state index is 0.377. The van der Waals surface area contributed by atoms with Gasteiger partial charge in [0.15, 0.2) is 0 Å². The predicted octanol–water partition coefficient (Wildman–Crippen LogP) is 3.63. The SMILES string of the molecule is CCCNC(C)c1cccn1CCOc1ccccc1. The fourth-order valence-electron chi connectivity index (χ4n) is 2.27. The molecule has 0 radical (unpaired) electrons. The third kappa shape index (κ3) is 4.14. The molecular weight excluding hydrogens is 248 g/mol. The van der Waals surface area contributed by atoms with Crippen molar-refractivity contribution in [3.05, 3.63) is 54.4 Å². The van der Waals surface area contributed by atoms with Crippen molar-refractivity contribution in [1.29, 1.82) is 0 Å². The van der Waals surface area contributed by atoms with Crippen molar-refractivity contribution in [3.8, 4) is 5.75 Å². The summed E-state index contributed by atoms with van der Waals surface area (Å²) in [5.74, 6) is 0.929. The lowest BCUT2D eigenvalue weighted by molar-refractivity contribution is 0.295. The zero-order valence-corrected chi connectivity index (χ0v) is 12.4. The third-order valence-electron chi connectivity index (χ3n) is 3.35. The zero-order valence-electron chi connectivity index (χ0n) is 12.4. The lowest BCUT2D eigenvalue weighted by Gasteiger charge is -2.17. The quantitative estimate of drug-likeness (QED) is 0.794. The number of rotatable bonds is 8. The summed E-state index contributed by atoms with van der Waals surface area (Å²) in [6.07, 6.45) is 3.27. The van der Waals surface area contributed by atoms with Crippen molar-refractivity contribution >= 4 is 0 Å². The molecular formula is C17H24N2O. The highest BCUT2D eigenvalue weighted by Gasteiger charge is 2.08. The number of para-hydroxylation sites is 1. The van der Waals surface area contributed by atoms with Gasteiger partial charge in [0, 0.05) is 17.9 Å². The van der Waals surface area contributed by atoms with Crippen LogP contribution in [0.5, 0.6) is 5.75 Å². The van der Waals surface area contributed by atoms with Gasteiger partial charge in [-0.2, -0.15) is 0 Å². The Morgan fingerprint density at radius 3 is 2.70 bits per heavy atom. The Bertz CT molecular complexity index is 493. The maximum absolute atomic E-state index is 5.75. The molecule has 1 unspecified atom stereocenters. The molecule has 1 atom stereocenters. The lowest BCUT2D eigenvalue weighted by Crippen LogP contribution is -2.22. The van der Waals surface area contributed by atoms with Crippen molar-refractivity contribution in [2.45, 2.75) is 32.9 Å².